The van der Waals surface area contributed by atoms with Crippen LogP contribution in [-0.2, 0) is 12.4 Å². The van der Waals surface area contributed by atoms with Gasteiger partial charge in [-0.15, -0.1) is 0 Å². The molecule has 1 saturated heterocycles. The van der Waals surface area contributed by atoms with Crippen LogP contribution in [0.2, 0.25) is 0 Å². The van der Waals surface area contributed by atoms with Gasteiger partial charge in [0.1, 0.15) is 12.1 Å². The average molecular weight is 430 g/mol. The highest BCUT2D eigenvalue weighted by Gasteiger charge is 2.37. The molecule has 0 amide bonds. The van der Waals surface area contributed by atoms with Crippen LogP contribution in [-0.4, -0.2) is 32.8 Å². The maximum absolute atomic E-state index is 13.1. The quantitative estimate of drug-likeness (QED) is 0.598. The lowest BCUT2D eigenvalue weighted by Crippen LogP contribution is -2.29. The van der Waals surface area contributed by atoms with Gasteiger partial charge >= 0.3 is 12.4 Å². The SMILES string of the molecule is FC(F)(F)c1cc(Nc2ncnc3c2cnn3C2CCNCC2)cc(C(F)(F)F)c1. The molecule has 0 aliphatic carbocycles. The zero-order valence-corrected chi connectivity index (χ0v) is 15.3. The number of benzene rings is 1. The molecule has 6 nitrogen and oxygen atoms in total. The number of aromatic nitrogens is 4. The number of piperidine rings is 1. The minimum absolute atomic E-state index is 0.0765. The summed E-state index contributed by atoms with van der Waals surface area (Å²) in [7, 11) is 0. The summed E-state index contributed by atoms with van der Waals surface area (Å²) in [6.45, 7) is 1.62. The second-order valence-corrected chi connectivity index (χ2v) is 6.95. The van der Waals surface area contributed by atoms with E-state index in [1.165, 1.54) is 12.5 Å². The first kappa shape index (κ1) is 20.4. The van der Waals surface area contributed by atoms with Crippen molar-refractivity contribution in [2.24, 2.45) is 0 Å². The predicted octanol–water partition coefficient (Wildman–Crippen LogP) is 4.53. The number of alkyl halides is 6. The van der Waals surface area contributed by atoms with E-state index in [1.54, 1.807) is 4.68 Å². The molecule has 0 radical (unpaired) electrons. The standard InChI is InChI=1S/C18H16F6N6/c19-17(20,21)10-5-11(18(22,23)24)7-12(6-10)29-15-14-8-28-30(16(14)27-9-26-15)13-1-3-25-4-2-13/h5-9,13,25H,1-4H2,(H,26,27,29). The molecule has 0 spiro atoms. The van der Waals surface area contributed by atoms with Gasteiger partial charge in [-0.1, -0.05) is 0 Å². The molecule has 1 aliphatic rings. The molecule has 160 valence electrons. The lowest BCUT2D eigenvalue weighted by molar-refractivity contribution is -0.143. The molecule has 3 aromatic rings. The molecule has 0 atom stereocenters. The van der Waals surface area contributed by atoms with Gasteiger partial charge in [-0.25, -0.2) is 14.6 Å². The van der Waals surface area contributed by atoms with Gasteiger partial charge in [0.15, 0.2) is 5.65 Å². The Morgan fingerprint density at radius 2 is 1.57 bits per heavy atom. The fourth-order valence-corrected chi connectivity index (χ4v) is 3.44. The monoisotopic (exact) mass is 430 g/mol. The topological polar surface area (TPSA) is 67.7 Å². The summed E-state index contributed by atoms with van der Waals surface area (Å²) in [5.74, 6) is 0.0765. The number of fused-ring (bicyclic) bond motifs is 1. The summed E-state index contributed by atoms with van der Waals surface area (Å²) in [6.07, 6.45) is -5.56. The van der Waals surface area contributed by atoms with E-state index < -0.39 is 23.5 Å². The zero-order chi connectivity index (χ0) is 21.5. The first-order chi connectivity index (χ1) is 14.1. The molecule has 1 fully saturated rings. The smallest absolute Gasteiger partial charge is 0.339 e. The van der Waals surface area contributed by atoms with Gasteiger partial charge in [-0.05, 0) is 44.1 Å². The summed E-state index contributed by atoms with van der Waals surface area (Å²) in [5.41, 5.74) is -2.74. The van der Waals surface area contributed by atoms with Gasteiger partial charge in [0.25, 0.3) is 0 Å². The van der Waals surface area contributed by atoms with Gasteiger partial charge in [0, 0.05) is 5.69 Å². The molecule has 30 heavy (non-hydrogen) atoms. The van der Waals surface area contributed by atoms with Crippen molar-refractivity contribution < 1.29 is 26.3 Å². The van der Waals surface area contributed by atoms with Gasteiger partial charge in [0.05, 0.1) is 28.8 Å². The minimum Gasteiger partial charge on any atom is -0.339 e. The van der Waals surface area contributed by atoms with Crippen LogP contribution in [0.3, 0.4) is 0 Å². The Morgan fingerprint density at radius 3 is 2.17 bits per heavy atom. The Morgan fingerprint density at radius 1 is 0.933 bits per heavy atom. The first-order valence-corrected chi connectivity index (χ1v) is 9.08. The van der Waals surface area contributed by atoms with Crippen LogP contribution in [0.1, 0.15) is 30.0 Å². The minimum atomic E-state index is -4.93. The second kappa shape index (κ2) is 7.42. The van der Waals surface area contributed by atoms with Crippen LogP contribution >= 0.6 is 0 Å². The molecule has 1 aromatic carbocycles. The van der Waals surface area contributed by atoms with Gasteiger partial charge in [-0.3, -0.25) is 0 Å². The number of rotatable bonds is 3. The van der Waals surface area contributed by atoms with Crippen molar-refractivity contribution in [2.45, 2.75) is 31.2 Å². The zero-order valence-electron chi connectivity index (χ0n) is 15.3. The number of hydrogen-bond donors (Lipinski definition) is 2. The molecule has 1 aliphatic heterocycles. The molecule has 3 heterocycles. The lowest BCUT2D eigenvalue weighted by Gasteiger charge is -2.23. The molecule has 0 saturated carbocycles. The third kappa shape index (κ3) is 4.04. The molecular formula is C18H16F6N6. The van der Waals surface area contributed by atoms with Crippen LogP contribution in [0, 0.1) is 0 Å². The van der Waals surface area contributed by atoms with E-state index in [2.05, 4.69) is 25.7 Å². The maximum atomic E-state index is 13.1. The molecular weight excluding hydrogens is 414 g/mol. The van der Waals surface area contributed by atoms with E-state index >= 15 is 0 Å². The van der Waals surface area contributed by atoms with Crippen LogP contribution in [0.5, 0.6) is 0 Å². The Kier molecular flexibility index (Phi) is 5.04. The van der Waals surface area contributed by atoms with E-state index in [1.807, 2.05) is 0 Å². The number of nitrogens with zero attached hydrogens (tertiary/aromatic N) is 4. The highest BCUT2D eigenvalue weighted by Crippen LogP contribution is 2.38. The molecule has 4 rings (SSSR count). The van der Waals surface area contributed by atoms with Gasteiger partial charge in [0.2, 0.25) is 0 Å². The molecule has 0 bridgehead atoms. The van der Waals surface area contributed by atoms with Crippen LogP contribution in [0.25, 0.3) is 11.0 Å². The third-order valence-electron chi connectivity index (χ3n) is 4.90. The highest BCUT2D eigenvalue weighted by molar-refractivity contribution is 5.88. The largest absolute Gasteiger partial charge is 0.416 e. The van der Waals surface area contributed by atoms with Crippen LogP contribution in [0.15, 0.2) is 30.7 Å². The summed E-state index contributed by atoms with van der Waals surface area (Å²) >= 11 is 0. The fourth-order valence-electron chi connectivity index (χ4n) is 3.44. The Balaban J connectivity index is 1.73. The number of hydrogen-bond acceptors (Lipinski definition) is 5. The lowest BCUT2D eigenvalue weighted by atomic mass is 10.1. The van der Waals surface area contributed by atoms with Gasteiger partial charge in [-0.2, -0.15) is 31.4 Å². The first-order valence-electron chi connectivity index (χ1n) is 9.08. The fraction of sp³-hybridized carbons (Fsp3) is 0.389. The van der Waals surface area contributed by atoms with Crippen molar-refractivity contribution in [1.29, 1.82) is 0 Å². The Bertz CT molecular complexity index is 1020. The van der Waals surface area contributed by atoms with E-state index in [4.69, 9.17) is 0 Å². The van der Waals surface area contributed by atoms with Crippen LogP contribution < -0.4 is 10.6 Å². The van der Waals surface area contributed by atoms with Gasteiger partial charge < -0.3 is 10.6 Å². The van der Waals surface area contributed by atoms with Crippen molar-refractivity contribution in [3.63, 3.8) is 0 Å². The molecule has 2 aromatic heterocycles. The molecule has 0 unspecified atom stereocenters. The van der Waals surface area contributed by atoms with Crippen LogP contribution in [0.4, 0.5) is 37.8 Å². The van der Waals surface area contributed by atoms with E-state index in [0.717, 1.165) is 25.9 Å². The summed E-state index contributed by atoms with van der Waals surface area (Å²) in [5, 5.41) is 10.5. The maximum Gasteiger partial charge on any atom is 0.416 e. The van der Waals surface area contributed by atoms with E-state index in [-0.39, 0.29) is 23.6 Å². The Hall–Kier alpha value is -2.89. The van der Waals surface area contributed by atoms with E-state index in [0.29, 0.717) is 23.2 Å². The van der Waals surface area contributed by atoms with Crippen molar-refractivity contribution in [3.05, 3.63) is 41.9 Å². The van der Waals surface area contributed by atoms with Crippen molar-refractivity contribution >= 4 is 22.5 Å². The normalized spacial score (nSPS) is 16.2. The average Bonchev–Trinajstić information content (AvgIpc) is 3.12. The molecule has 2 N–H and O–H groups in total. The summed E-state index contributed by atoms with van der Waals surface area (Å²) < 4.78 is 80.3. The van der Waals surface area contributed by atoms with Crippen molar-refractivity contribution in [3.8, 4) is 0 Å². The highest BCUT2D eigenvalue weighted by atomic mass is 19.4. The number of halogens is 6. The number of nitrogens with one attached hydrogen (secondary N) is 2. The second-order valence-electron chi connectivity index (χ2n) is 6.95. The molecule has 12 heteroatoms. The van der Waals surface area contributed by atoms with E-state index in [9.17, 15) is 26.3 Å². The third-order valence-corrected chi connectivity index (χ3v) is 4.90. The van der Waals surface area contributed by atoms with Crippen molar-refractivity contribution in [2.75, 3.05) is 18.4 Å². The summed E-state index contributed by atoms with van der Waals surface area (Å²) in [6, 6.07) is 1.40. The number of anilines is 2. The Labute approximate surface area is 166 Å². The predicted molar refractivity (Wildman–Crippen MR) is 96.2 cm³/mol. The van der Waals surface area contributed by atoms with Crippen molar-refractivity contribution in [1.82, 2.24) is 25.1 Å². The summed E-state index contributed by atoms with van der Waals surface area (Å²) in [4.78, 5) is 8.20.